The van der Waals surface area contributed by atoms with E-state index in [0.717, 1.165) is 0 Å². The lowest BCUT2D eigenvalue weighted by Gasteiger charge is -2.39. The van der Waals surface area contributed by atoms with E-state index in [-0.39, 0.29) is 5.41 Å². The van der Waals surface area contributed by atoms with Gasteiger partial charge in [-0.3, -0.25) is 4.98 Å². The molecule has 0 saturated heterocycles. The maximum Gasteiger partial charge on any atom is 0.0726 e. The average Bonchev–Trinajstić information content (AvgIpc) is 3.09. The van der Waals surface area contributed by atoms with Crippen molar-refractivity contribution in [3.63, 3.8) is 0 Å². The standard InChI is InChI=1S/C28H17N/c1-3-12-23-19(9-1)21-11-5-7-18-8-6-14-26(27(18)21)28(23)24-13-4-2-10-20(24)22-17-29-16-15-25(22)28/h1-17H/t28-/m1/s1. The SMILES string of the molecule is c1ccc2c(c1)-c1cnccc1[C@@]21c2ccccc2-c2cccc3cccc1c23. The first-order chi connectivity index (χ1) is 14.4. The van der Waals surface area contributed by atoms with E-state index in [4.69, 9.17) is 0 Å². The van der Waals surface area contributed by atoms with Gasteiger partial charge < -0.3 is 0 Å². The van der Waals surface area contributed by atoms with Crippen LogP contribution in [0.1, 0.15) is 22.3 Å². The van der Waals surface area contributed by atoms with E-state index in [0.29, 0.717) is 0 Å². The van der Waals surface area contributed by atoms with Gasteiger partial charge in [0.05, 0.1) is 5.41 Å². The normalized spacial score (nSPS) is 17.8. The molecule has 1 aromatic heterocycles. The minimum atomic E-state index is -0.306. The van der Waals surface area contributed by atoms with Crippen LogP contribution in [0.5, 0.6) is 0 Å². The summed E-state index contributed by atoms with van der Waals surface area (Å²) in [4.78, 5) is 4.48. The predicted octanol–water partition coefficient (Wildman–Crippen LogP) is 6.58. The van der Waals surface area contributed by atoms with Crippen LogP contribution in [0.15, 0.2) is 103 Å². The Morgan fingerprint density at radius 1 is 0.483 bits per heavy atom. The minimum Gasteiger partial charge on any atom is -0.264 e. The third-order valence-corrected chi connectivity index (χ3v) is 6.78. The van der Waals surface area contributed by atoms with E-state index in [1.807, 2.05) is 12.4 Å². The monoisotopic (exact) mass is 367 g/mol. The van der Waals surface area contributed by atoms with Gasteiger partial charge in [-0.15, -0.1) is 0 Å². The second-order valence-corrected chi connectivity index (χ2v) is 7.97. The lowest BCUT2D eigenvalue weighted by Crippen LogP contribution is -2.31. The molecule has 1 heterocycles. The lowest BCUT2D eigenvalue weighted by atomic mass is 9.61. The van der Waals surface area contributed by atoms with Crippen molar-refractivity contribution in [1.82, 2.24) is 4.98 Å². The summed E-state index contributed by atoms with van der Waals surface area (Å²) in [5, 5.41) is 2.67. The zero-order valence-corrected chi connectivity index (χ0v) is 15.8. The largest absolute Gasteiger partial charge is 0.264 e. The molecule has 0 fully saturated rings. The Labute approximate surface area is 169 Å². The first-order valence-electron chi connectivity index (χ1n) is 10.1. The van der Waals surface area contributed by atoms with Crippen LogP contribution in [-0.4, -0.2) is 4.98 Å². The summed E-state index contributed by atoms with van der Waals surface area (Å²) in [6.45, 7) is 0. The Kier molecular flexibility index (Phi) is 2.74. The van der Waals surface area contributed by atoms with Crippen molar-refractivity contribution in [1.29, 1.82) is 0 Å². The first kappa shape index (κ1) is 15.2. The number of pyridine rings is 1. The van der Waals surface area contributed by atoms with Gasteiger partial charge in [0.1, 0.15) is 0 Å². The highest BCUT2D eigenvalue weighted by atomic mass is 14.6. The number of nitrogens with zero attached hydrogens (tertiary/aromatic N) is 1. The predicted molar refractivity (Wildman–Crippen MR) is 118 cm³/mol. The van der Waals surface area contributed by atoms with Crippen LogP contribution in [-0.2, 0) is 5.41 Å². The van der Waals surface area contributed by atoms with Gasteiger partial charge in [-0.1, -0.05) is 84.9 Å². The van der Waals surface area contributed by atoms with E-state index in [1.165, 1.54) is 55.3 Å². The third kappa shape index (κ3) is 1.66. The van der Waals surface area contributed by atoms with Crippen LogP contribution in [0.25, 0.3) is 33.0 Å². The van der Waals surface area contributed by atoms with Gasteiger partial charge in [0.2, 0.25) is 0 Å². The van der Waals surface area contributed by atoms with Crippen LogP contribution in [0.3, 0.4) is 0 Å². The minimum absolute atomic E-state index is 0.306. The number of fused-ring (bicyclic) bond motifs is 9. The van der Waals surface area contributed by atoms with E-state index in [1.54, 1.807) is 0 Å². The van der Waals surface area contributed by atoms with Gasteiger partial charge in [0.15, 0.2) is 0 Å². The Hall–Kier alpha value is -3.71. The highest BCUT2D eigenvalue weighted by molar-refractivity contribution is 6.06. The van der Waals surface area contributed by atoms with Crippen molar-refractivity contribution in [2.75, 3.05) is 0 Å². The summed E-state index contributed by atoms with van der Waals surface area (Å²) in [5.41, 5.74) is 10.3. The van der Waals surface area contributed by atoms with Crippen LogP contribution in [0.4, 0.5) is 0 Å². The Morgan fingerprint density at radius 3 is 1.86 bits per heavy atom. The molecule has 7 rings (SSSR count). The van der Waals surface area contributed by atoms with Gasteiger partial charge in [-0.25, -0.2) is 0 Å². The van der Waals surface area contributed by atoms with Gasteiger partial charge in [0, 0.05) is 18.0 Å². The van der Waals surface area contributed by atoms with E-state index >= 15 is 0 Å². The molecule has 0 N–H and O–H groups in total. The zero-order valence-electron chi connectivity index (χ0n) is 15.8. The quantitative estimate of drug-likeness (QED) is 0.295. The first-order valence-corrected chi connectivity index (χ1v) is 10.1. The molecular weight excluding hydrogens is 350 g/mol. The molecule has 0 radical (unpaired) electrons. The number of aromatic nitrogens is 1. The number of hydrogen-bond donors (Lipinski definition) is 0. The fourth-order valence-corrected chi connectivity index (χ4v) is 5.77. The Bertz CT molecular complexity index is 1410. The van der Waals surface area contributed by atoms with Crippen molar-refractivity contribution in [2.24, 2.45) is 0 Å². The Balaban J connectivity index is 1.80. The van der Waals surface area contributed by atoms with E-state index in [9.17, 15) is 0 Å². The van der Waals surface area contributed by atoms with Gasteiger partial charge in [-0.05, 0) is 55.8 Å². The maximum absolute atomic E-state index is 4.48. The molecule has 0 unspecified atom stereocenters. The fourth-order valence-electron chi connectivity index (χ4n) is 5.77. The molecule has 1 spiro atoms. The van der Waals surface area contributed by atoms with Crippen LogP contribution in [0, 0.1) is 0 Å². The molecule has 0 aliphatic heterocycles. The van der Waals surface area contributed by atoms with Crippen molar-refractivity contribution in [3.8, 4) is 22.3 Å². The van der Waals surface area contributed by atoms with Crippen molar-refractivity contribution < 1.29 is 0 Å². The summed E-state index contributed by atoms with van der Waals surface area (Å²) < 4.78 is 0. The second kappa shape index (κ2) is 5.21. The molecule has 4 aromatic carbocycles. The average molecular weight is 367 g/mol. The lowest BCUT2D eigenvalue weighted by molar-refractivity contribution is 0.772. The molecule has 29 heavy (non-hydrogen) atoms. The molecule has 134 valence electrons. The molecule has 1 nitrogen and oxygen atoms in total. The van der Waals surface area contributed by atoms with Crippen LogP contribution >= 0.6 is 0 Å². The van der Waals surface area contributed by atoms with Gasteiger partial charge in [0.25, 0.3) is 0 Å². The zero-order chi connectivity index (χ0) is 19.0. The molecule has 2 aliphatic carbocycles. The molecule has 0 saturated carbocycles. The molecule has 1 heteroatoms. The van der Waals surface area contributed by atoms with Crippen LogP contribution < -0.4 is 0 Å². The molecule has 5 aromatic rings. The molecular formula is C28H17N. The summed E-state index contributed by atoms with van der Waals surface area (Å²) in [6.07, 6.45) is 3.97. The second-order valence-electron chi connectivity index (χ2n) is 7.97. The molecule has 0 bridgehead atoms. The van der Waals surface area contributed by atoms with Gasteiger partial charge in [-0.2, -0.15) is 0 Å². The summed E-state index contributed by atoms with van der Waals surface area (Å²) in [6, 6.07) is 33.5. The molecule has 2 aliphatic rings. The Morgan fingerprint density at radius 2 is 1.07 bits per heavy atom. The van der Waals surface area contributed by atoms with E-state index < -0.39 is 0 Å². The number of hydrogen-bond acceptors (Lipinski definition) is 1. The topological polar surface area (TPSA) is 12.9 Å². The van der Waals surface area contributed by atoms with Crippen LogP contribution in [0.2, 0.25) is 0 Å². The molecule has 1 atom stereocenters. The summed E-state index contributed by atoms with van der Waals surface area (Å²) in [7, 11) is 0. The summed E-state index contributed by atoms with van der Waals surface area (Å²) >= 11 is 0. The van der Waals surface area contributed by atoms with Crippen molar-refractivity contribution in [2.45, 2.75) is 5.41 Å². The summed E-state index contributed by atoms with van der Waals surface area (Å²) in [5.74, 6) is 0. The van der Waals surface area contributed by atoms with E-state index in [2.05, 4.69) is 96.0 Å². The molecule has 0 amide bonds. The van der Waals surface area contributed by atoms with Crippen molar-refractivity contribution >= 4 is 10.8 Å². The highest BCUT2D eigenvalue weighted by Gasteiger charge is 2.49. The highest BCUT2D eigenvalue weighted by Crippen LogP contribution is 2.61. The smallest absolute Gasteiger partial charge is 0.0726 e. The fraction of sp³-hybridized carbons (Fsp3) is 0.0357. The third-order valence-electron chi connectivity index (χ3n) is 6.78. The number of rotatable bonds is 0. The maximum atomic E-state index is 4.48. The van der Waals surface area contributed by atoms with Gasteiger partial charge >= 0.3 is 0 Å². The van der Waals surface area contributed by atoms with Crippen molar-refractivity contribution in [3.05, 3.63) is 126 Å². The number of benzene rings is 4.